The van der Waals surface area contributed by atoms with Crippen LogP contribution in [0, 0.1) is 0 Å². The van der Waals surface area contributed by atoms with Crippen molar-refractivity contribution in [3.8, 4) is 34.3 Å². The number of phenolic OH excluding ortho intramolecular Hbond substituents is 2. The molecule has 2 aromatic carbocycles. The summed E-state index contributed by atoms with van der Waals surface area (Å²) in [5, 5.41) is 21.1. The Morgan fingerprint density at radius 3 is 2.50 bits per heavy atom. The van der Waals surface area contributed by atoms with Crippen LogP contribution in [-0.2, 0) is 0 Å². The summed E-state index contributed by atoms with van der Waals surface area (Å²) in [6.45, 7) is 0.280. The van der Waals surface area contributed by atoms with Crippen LogP contribution >= 0.6 is 15.9 Å². The van der Waals surface area contributed by atoms with Crippen LogP contribution in [0.3, 0.4) is 0 Å². The van der Waals surface area contributed by atoms with Gasteiger partial charge in [0, 0.05) is 17.0 Å². The Morgan fingerprint density at radius 1 is 1.12 bits per heavy atom. The standard InChI is InChI=1S/C19H17BrO6/c1-24-19-17-14(15(22)16(23)18(19)25-9-5-8-20)12(21)10-13(26-17)11-6-3-2-4-7-11/h2-4,6-7,10,22-23H,5,8-9H2,1H3. The summed E-state index contributed by atoms with van der Waals surface area (Å²) in [6.07, 6.45) is 0.676. The molecule has 1 heterocycles. The minimum Gasteiger partial charge on any atom is -0.504 e. The van der Waals surface area contributed by atoms with Crippen LogP contribution in [0.25, 0.3) is 22.3 Å². The van der Waals surface area contributed by atoms with Crippen molar-refractivity contribution in [1.82, 2.24) is 0 Å². The number of hydrogen-bond acceptors (Lipinski definition) is 6. The van der Waals surface area contributed by atoms with E-state index in [1.807, 2.05) is 18.2 Å². The number of hydrogen-bond donors (Lipinski definition) is 2. The van der Waals surface area contributed by atoms with Gasteiger partial charge in [0.15, 0.2) is 16.8 Å². The van der Waals surface area contributed by atoms with Crippen LogP contribution in [0.4, 0.5) is 0 Å². The zero-order valence-electron chi connectivity index (χ0n) is 14.0. The van der Waals surface area contributed by atoms with Crippen molar-refractivity contribution in [3.63, 3.8) is 0 Å². The first-order chi connectivity index (χ1) is 12.6. The van der Waals surface area contributed by atoms with Gasteiger partial charge >= 0.3 is 0 Å². The van der Waals surface area contributed by atoms with Crippen molar-refractivity contribution in [2.24, 2.45) is 0 Å². The second kappa shape index (κ2) is 7.70. The summed E-state index contributed by atoms with van der Waals surface area (Å²) in [4.78, 5) is 12.6. The van der Waals surface area contributed by atoms with Gasteiger partial charge in [0.2, 0.25) is 17.2 Å². The third-order valence-electron chi connectivity index (χ3n) is 3.82. The van der Waals surface area contributed by atoms with Gasteiger partial charge in [0.05, 0.1) is 13.7 Å². The highest BCUT2D eigenvalue weighted by Crippen LogP contribution is 2.49. The highest BCUT2D eigenvalue weighted by atomic mass is 79.9. The van der Waals surface area contributed by atoms with Crippen LogP contribution in [-0.4, -0.2) is 29.3 Å². The van der Waals surface area contributed by atoms with Crippen molar-refractivity contribution in [3.05, 3.63) is 46.6 Å². The lowest BCUT2D eigenvalue weighted by molar-refractivity contribution is 0.274. The number of phenols is 2. The van der Waals surface area contributed by atoms with Gasteiger partial charge in [-0.05, 0) is 6.42 Å². The maximum Gasteiger partial charge on any atom is 0.211 e. The van der Waals surface area contributed by atoms with Crippen LogP contribution in [0.1, 0.15) is 6.42 Å². The van der Waals surface area contributed by atoms with Gasteiger partial charge in [0.25, 0.3) is 0 Å². The zero-order chi connectivity index (χ0) is 18.7. The van der Waals surface area contributed by atoms with Gasteiger partial charge in [0.1, 0.15) is 11.1 Å². The summed E-state index contributed by atoms with van der Waals surface area (Å²) in [5.74, 6) is -0.837. The van der Waals surface area contributed by atoms with Crippen molar-refractivity contribution in [1.29, 1.82) is 0 Å². The molecular weight excluding hydrogens is 404 g/mol. The molecule has 2 N–H and O–H groups in total. The normalized spacial score (nSPS) is 10.8. The van der Waals surface area contributed by atoms with E-state index < -0.39 is 16.9 Å². The molecule has 6 nitrogen and oxygen atoms in total. The monoisotopic (exact) mass is 420 g/mol. The number of benzene rings is 2. The molecular formula is C19H17BrO6. The molecule has 136 valence electrons. The fourth-order valence-electron chi connectivity index (χ4n) is 2.61. The molecule has 0 unspecified atom stereocenters. The number of fused-ring (bicyclic) bond motifs is 1. The Bertz CT molecular complexity index is 981. The molecule has 7 heteroatoms. The van der Waals surface area contributed by atoms with E-state index in [2.05, 4.69) is 15.9 Å². The summed E-state index contributed by atoms with van der Waals surface area (Å²) >= 11 is 3.29. The largest absolute Gasteiger partial charge is 0.504 e. The number of rotatable bonds is 6. The second-order valence-electron chi connectivity index (χ2n) is 5.50. The van der Waals surface area contributed by atoms with Gasteiger partial charge in [-0.3, -0.25) is 4.79 Å². The number of methoxy groups -OCH3 is 1. The van der Waals surface area contributed by atoms with Crippen LogP contribution in [0.2, 0.25) is 0 Å². The first-order valence-electron chi connectivity index (χ1n) is 7.92. The second-order valence-corrected chi connectivity index (χ2v) is 6.29. The maximum absolute atomic E-state index is 12.6. The average Bonchev–Trinajstić information content (AvgIpc) is 2.66. The molecule has 3 rings (SSSR count). The van der Waals surface area contributed by atoms with Crippen molar-refractivity contribution < 1.29 is 24.1 Å². The lowest BCUT2D eigenvalue weighted by Gasteiger charge is -2.15. The minimum absolute atomic E-state index is 0.0167. The van der Waals surface area contributed by atoms with E-state index in [1.165, 1.54) is 13.2 Å². The molecule has 0 fully saturated rings. The smallest absolute Gasteiger partial charge is 0.211 e. The Kier molecular flexibility index (Phi) is 5.37. The van der Waals surface area contributed by atoms with E-state index in [1.54, 1.807) is 12.1 Å². The van der Waals surface area contributed by atoms with Crippen molar-refractivity contribution >= 4 is 26.9 Å². The van der Waals surface area contributed by atoms with Crippen LogP contribution < -0.4 is 14.9 Å². The lowest BCUT2D eigenvalue weighted by Crippen LogP contribution is -2.05. The van der Waals surface area contributed by atoms with Crippen LogP contribution in [0.15, 0.2) is 45.6 Å². The lowest BCUT2D eigenvalue weighted by atomic mass is 10.1. The Balaban J connectivity index is 2.28. The third-order valence-corrected chi connectivity index (χ3v) is 4.38. The van der Waals surface area contributed by atoms with E-state index in [4.69, 9.17) is 13.9 Å². The Morgan fingerprint density at radius 2 is 1.85 bits per heavy atom. The summed E-state index contributed by atoms with van der Waals surface area (Å²) in [5.41, 5.74) is 0.217. The molecule has 0 saturated heterocycles. The van der Waals surface area contributed by atoms with Crippen molar-refractivity contribution in [2.75, 3.05) is 19.0 Å². The zero-order valence-corrected chi connectivity index (χ0v) is 15.6. The van der Waals surface area contributed by atoms with Gasteiger partial charge in [-0.1, -0.05) is 46.3 Å². The molecule has 0 amide bonds. The molecule has 0 spiro atoms. The number of alkyl halides is 1. The first kappa shape index (κ1) is 18.1. The summed E-state index contributed by atoms with van der Waals surface area (Å²) < 4.78 is 16.7. The van der Waals surface area contributed by atoms with E-state index in [0.717, 1.165) is 0 Å². The van der Waals surface area contributed by atoms with E-state index in [0.29, 0.717) is 23.1 Å². The molecule has 0 aliphatic heterocycles. The summed E-state index contributed by atoms with van der Waals surface area (Å²) in [6, 6.07) is 10.3. The van der Waals surface area contributed by atoms with E-state index in [-0.39, 0.29) is 29.1 Å². The summed E-state index contributed by atoms with van der Waals surface area (Å²) in [7, 11) is 1.37. The average molecular weight is 421 g/mol. The molecule has 0 bridgehead atoms. The SMILES string of the molecule is COc1c(OCCCBr)c(O)c(O)c2c(=O)cc(-c3ccccc3)oc12. The Labute approximate surface area is 157 Å². The van der Waals surface area contributed by atoms with E-state index >= 15 is 0 Å². The molecule has 1 aromatic heterocycles. The van der Waals surface area contributed by atoms with Crippen molar-refractivity contribution in [2.45, 2.75) is 6.42 Å². The van der Waals surface area contributed by atoms with Crippen LogP contribution in [0.5, 0.6) is 23.0 Å². The number of ether oxygens (including phenoxy) is 2. The number of halogens is 1. The number of aromatic hydroxyl groups is 2. The molecule has 26 heavy (non-hydrogen) atoms. The molecule has 0 radical (unpaired) electrons. The van der Waals surface area contributed by atoms with Gasteiger partial charge in [-0.25, -0.2) is 0 Å². The van der Waals surface area contributed by atoms with Gasteiger partial charge < -0.3 is 24.1 Å². The van der Waals surface area contributed by atoms with Gasteiger partial charge in [-0.2, -0.15) is 0 Å². The molecule has 0 saturated carbocycles. The quantitative estimate of drug-likeness (QED) is 0.355. The molecule has 3 aromatic rings. The highest BCUT2D eigenvalue weighted by Gasteiger charge is 2.25. The van der Waals surface area contributed by atoms with Gasteiger partial charge in [-0.15, -0.1) is 0 Å². The third kappa shape index (κ3) is 3.22. The first-order valence-corrected chi connectivity index (χ1v) is 9.04. The molecule has 0 aliphatic carbocycles. The topological polar surface area (TPSA) is 89.1 Å². The fourth-order valence-corrected chi connectivity index (χ4v) is 2.84. The van der Waals surface area contributed by atoms with E-state index in [9.17, 15) is 15.0 Å². The fraction of sp³-hybridized carbons (Fsp3) is 0.211. The maximum atomic E-state index is 12.6. The Hall–Kier alpha value is -2.67. The molecule has 0 atom stereocenters. The highest BCUT2D eigenvalue weighted by molar-refractivity contribution is 9.09. The minimum atomic E-state index is -0.594. The predicted molar refractivity (Wildman–Crippen MR) is 102 cm³/mol. The molecule has 0 aliphatic rings. The predicted octanol–water partition coefficient (Wildman–Crippen LogP) is 4.04.